The van der Waals surface area contributed by atoms with Gasteiger partial charge in [0.2, 0.25) is 11.8 Å². The van der Waals surface area contributed by atoms with Crippen molar-refractivity contribution >= 4 is 11.8 Å². The topological polar surface area (TPSA) is 63.4 Å². The Hall–Kier alpha value is -1.84. The van der Waals surface area contributed by atoms with Gasteiger partial charge in [-0.25, -0.2) is 0 Å². The van der Waals surface area contributed by atoms with Gasteiger partial charge in [-0.3, -0.25) is 9.59 Å². The molecule has 102 valence electrons. The van der Waals surface area contributed by atoms with Gasteiger partial charge in [0.15, 0.2) is 0 Å². The third-order valence-corrected chi connectivity index (χ3v) is 3.90. The summed E-state index contributed by atoms with van der Waals surface area (Å²) in [7, 11) is 0. The highest BCUT2D eigenvalue weighted by Gasteiger charge is 2.36. The van der Waals surface area contributed by atoms with Gasteiger partial charge in [0, 0.05) is 13.0 Å². The SMILES string of the molecule is Cc1ccc(C(C)N2CC(C(N)=O)CC2=O)c(C)c1. The molecule has 1 aromatic carbocycles. The van der Waals surface area contributed by atoms with Crippen LogP contribution >= 0.6 is 0 Å². The molecule has 1 aliphatic rings. The molecule has 1 heterocycles. The van der Waals surface area contributed by atoms with Crippen LogP contribution in [0.3, 0.4) is 0 Å². The van der Waals surface area contributed by atoms with Crippen LogP contribution in [0.5, 0.6) is 0 Å². The maximum atomic E-state index is 12.0. The number of primary amides is 1. The van der Waals surface area contributed by atoms with Gasteiger partial charge in [-0.1, -0.05) is 23.8 Å². The normalized spacial score (nSPS) is 20.7. The lowest BCUT2D eigenvalue weighted by Crippen LogP contribution is -2.31. The van der Waals surface area contributed by atoms with E-state index in [9.17, 15) is 9.59 Å². The van der Waals surface area contributed by atoms with Crippen molar-refractivity contribution in [3.63, 3.8) is 0 Å². The minimum absolute atomic E-state index is 0.0104. The summed E-state index contributed by atoms with van der Waals surface area (Å²) >= 11 is 0. The fourth-order valence-electron chi connectivity index (χ4n) is 2.76. The molecule has 0 aromatic heterocycles. The van der Waals surface area contributed by atoms with E-state index >= 15 is 0 Å². The molecule has 1 fully saturated rings. The smallest absolute Gasteiger partial charge is 0.223 e. The van der Waals surface area contributed by atoms with Crippen molar-refractivity contribution in [3.05, 3.63) is 34.9 Å². The number of carbonyl (C=O) groups excluding carboxylic acids is 2. The van der Waals surface area contributed by atoms with E-state index in [1.807, 2.05) is 26.8 Å². The van der Waals surface area contributed by atoms with Crippen molar-refractivity contribution in [2.75, 3.05) is 6.54 Å². The molecular formula is C15H20N2O2. The Morgan fingerprint density at radius 3 is 2.63 bits per heavy atom. The molecule has 0 radical (unpaired) electrons. The maximum Gasteiger partial charge on any atom is 0.223 e. The number of rotatable bonds is 3. The minimum atomic E-state index is -0.385. The highest BCUT2D eigenvalue weighted by atomic mass is 16.2. The molecule has 4 nitrogen and oxygen atoms in total. The Bertz CT molecular complexity index is 525. The fraction of sp³-hybridized carbons (Fsp3) is 0.467. The first kappa shape index (κ1) is 13.6. The first-order valence-electron chi connectivity index (χ1n) is 6.56. The van der Waals surface area contributed by atoms with Gasteiger partial charge >= 0.3 is 0 Å². The van der Waals surface area contributed by atoms with E-state index in [-0.39, 0.29) is 30.2 Å². The molecule has 2 rings (SSSR count). The lowest BCUT2D eigenvalue weighted by molar-refractivity contribution is -0.130. The molecule has 19 heavy (non-hydrogen) atoms. The van der Waals surface area contributed by atoms with Gasteiger partial charge in [-0.2, -0.15) is 0 Å². The molecule has 1 aliphatic heterocycles. The van der Waals surface area contributed by atoms with Crippen molar-refractivity contribution in [1.29, 1.82) is 0 Å². The Labute approximate surface area is 113 Å². The third kappa shape index (κ3) is 2.62. The number of amides is 2. The number of carbonyl (C=O) groups is 2. The number of likely N-dealkylation sites (tertiary alicyclic amines) is 1. The molecule has 1 saturated heterocycles. The van der Waals surface area contributed by atoms with E-state index in [1.165, 1.54) is 11.1 Å². The lowest BCUT2D eigenvalue weighted by Gasteiger charge is -2.26. The second kappa shape index (κ2) is 5.03. The Balaban J connectivity index is 2.22. The first-order valence-corrected chi connectivity index (χ1v) is 6.56. The first-order chi connectivity index (χ1) is 8.90. The summed E-state index contributed by atoms with van der Waals surface area (Å²) in [6.45, 7) is 6.53. The molecule has 2 amide bonds. The average molecular weight is 260 g/mol. The van der Waals surface area contributed by atoms with Crippen molar-refractivity contribution in [2.45, 2.75) is 33.2 Å². The zero-order valence-electron chi connectivity index (χ0n) is 11.6. The van der Waals surface area contributed by atoms with Crippen LogP contribution in [0.1, 0.15) is 36.1 Å². The summed E-state index contributed by atoms with van der Waals surface area (Å²) in [6, 6.07) is 6.20. The zero-order valence-corrected chi connectivity index (χ0v) is 11.6. The van der Waals surface area contributed by atoms with Crippen LogP contribution in [-0.2, 0) is 9.59 Å². The lowest BCUT2D eigenvalue weighted by atomic mass is 9.99. The second-order valence-electron chi connectivity index (χ2n) is 5.39. The van der Waals surface area contributed by atoms with Crippen molar-refractivity contribution in [1.82, 2.24) is 4.90 Å². The van der Waals surface area contributed by atoms with E-state index < -0.39 is 0 Å². The van der Waals surface area contributed by atoms with Crippen LogP contribution in [0.4, 0.5) is 0 Å². The van der Waals surface area contributed by atoms with E-state index in [1.54, 1.807) is 4.90 Å². The van der Waals surface area contributed by atoms with Gasteiger partial charge < -0.3 is 10.6 Å². The average Bonchev–Trinajstić information content (AvgIpc) is 2.71. The van der Waals surface area contributed by atoms with Gasteiger partial charge in [0.25, 0.3) is 0 Å². The van der Waals surface area contributed by atoms with Crippen LogP contribution in [0.25, 0.3) is 0 Å². The predicted molar refractivity (Wildman–Crippen MR) is 73.3 cm³/mol. The second-order valence-corrected chi connectivity index (χ2v) is 5.39. The molecule has 2 atom stereocenters. The minimum Gasteiger partial charge on any atom is -0.369 e. The van der Waals surface area contributed by atoms with Gasteiger partial charge in [0.05, 0.1) is 12.0 Å². The van der Waals surface area contributed by atoms with Crippen LogP contribution in [0.15, 0.2) is 18.2 Å². The molecule has 0 aliphatic carbocycles. The molecule has 2 N–H and O–H groups in total. The summed E-state index contributed by atoms with van der Waals surface area (Å²) in [6.07, 6.45) is 0.241. The summed E-state index contributed by atoms with van der Waals surface area (Å²) in [5.74, 6) is -0.722. The monoisotopic (exact) mass is 260 g/mol. The maximum absolute atomic E-state index is 12.0. The summed E-state index contributed by atoms with van der Waals surface area (Å²) in [4.78, 5) is 25.0. The zero-order chi connectivity index (χ0) is 14.2. The molecule has 0 spiro atoms. The molecule has 0 bridgehead atoms. The van der Waals surface area contributed by atoms with E-state index in [4.69, 9.17) is 5.73 Å². The van der Waals surface area contributed by atoms with Crippen molar-refractivity contribution in [3.8, 4) is 0 Å². The van der Waals surface area contributed by atoms with E-state index in [0.717, 1.165) is 5.56 Å². The third-order valence-electron chi connectivity index (χ3n) is 3.90. The Kier molecular flexibility index (Phi) is 3.60. The highest BCUT2D eigenvalue weighted by molar-refractivity contribution is 5.88. The van der Waals surface area contributed by atoms with E-state index in [0.29, 0.717) is 6.54 Å². The van der Waals surface area contributed by atoms with Crippen molar-refractivity contribution < 1.29 is 9.59 Å². The van der Waals surface area contributed by atoms with E-state index in [2.05, 4.69) is 12.1 Å². The number of hydrogen-bond acceptors (Lipinski definition) is 2. The molecule has 2 unspecified atom stereocenters. The van der Waals surface area contributed by atoms with Gasteiger partial charge in [-0.15, -0.1) is 0 Å². The number of nitrogens with zero attached hydrogens (tertiary/aromatic N) is 1. The molecule has 4 heteroatoms. The highest BCUT2D eigenvalue weighted by Crippen LogP contribution is 2.30. The standard InChI is InChI=1S/C15H20N2O2/c1-9-4-5-13(10(2)6-9)11(3)17-8-12(15(16)19)7-14(17)18/h4-6,11-12H,7-8H2,1-3H3,(H2,16,19). The quantitative estimate of drug-likeness (QED) is 0.899. The van der Waals surface area contributed by atoms with Crippen molar-refractivity contribution in [2.24, 2.45) is 11.7 Å². The van der Waals surface area contributed by atoms with Gasteiger partial charge in [0.1, 0.15) is 0 Å². The fourth-order valence-corrected chi connectivity index (χ4v) is 2.76. The van der Waals surface area contributed by atoms with Crippen LogP contribution in [0, 0.1) is 19.8 Å². The summed E-state index contributed by atoms with van der Waals surface area (Å²) in [5.41, 5.74) is 8.80. The number of nitrogens with two attached hydrogens (primary N) is 1. The van der Waals surface area contributed by atoms with Crippen LogP contribution in [-0.4, -0.2) is 23.3 Å². The number of benzene rings is 1. The molecular weight excluding hydrogens is 240 g/mol. The largest absolute Gasteiger partial charge is 0.369 e. The predicted octanol–water partition coefficient (Wildman–Crippen LogP) is 1.70. The molecule has 1 aromatic rings. The number of hydrogen-bond donors (Lipinski definition) is 1. The Morgan fingerprint density at radius 1 is 1.42 bits per heavy atom. The molecule has 0 saturated carbocycles. The number of aryl methyl sites for hydroxylation is 2. The van der Waals surface area contributed by atoms with Crippen LogP contribution in [0.2, 0.25) is 0 Å². The van der Waals surface area contributed by atoms with Gasteiger partial charge in [-0.05, 0) is 31.9 Å². The summed E-state index contributed by atoms with van der Waals surface area (Å²) in [5, 5.41) is 0. The van der Waals surface area contributed by atoms with Crippen LogP contribution < -0.4 is 5.73 Å². The Morgan fingerprint density at radius 2 is 2.11 bits per heavy atom. The summed E-state index contributed by atoms with van der Waals surface area (Å²) < 4.78 is 0.